The minimum atomic E-state index is -0.996. The second-order valence-electron chi connectivity index (χ2n) is 6.92. The average molecular weight is 449 g/mol. The molecule has 0 radical (unpaired) electrons. The van der Waals surface area contributed by atoms with E-state index >= 15 is 0 Å². The van der Waals surface area contributed by atoms with Crippen molar-refractivity contribution in [2.24, 2.45) is 0 Å². The number of amides is 1. The van der Waals surface area contributed by atoms with Crippen LogP contribution in [0.3, 0.4) is 0 Å². The summed E-state index contributed by atoms with van der Waals surface area (Å²) in [6.07, 6.45) is 1.42. The molecule has 1 N–H and O–H groups in total. The second kappa shape index (κ2) is 8.61. The maximum atomic E-state index is 13.0. The summed E-state index contributed by atoms with van der Waals surface area (Å²) in [6.45, 7) is 2.16. The lowest BCUT2D eigenvalue weighted by Crippen LogP contribution is -2.29. The van der Waals surface area contributed by atoms with Crippen molar-refractivity contribution < 1.29 is 23.8 Å². The number of aliphatic hydroxyl groups excluding tert-OH is 1. The van der Waals surface area contributed by atoms with Crippen LogP contribution < -0.4 is 9.64 Å². The number of hydrogen-bond donors (Lipinski definition) is 1. The van der Waals surface area contributed by atoms with E-state index < -0.39 is 17.7 Å². The smallest absolute Gasteiger partial charge is 0.300 e. The molecule has 3 aromatic rings. The molecule has 1 amide bonds. The Labute approximate surface area is 188 Å². The van der Waals surface area contributed by atoms with Crippen molar-refractivity contribution in [3.8, 4) is 11.8 Å². The van der Waals surface area contributed by atoms with Crippen molar-refractivity contribution in [1.82, 2.24) is 0 Å². The predicted octanol–water partition coefficient (Wildman–Crippen LogP) is 4.83. The van der Waals surface area contributed by atoms with Gasteiger partial charge in [0.25, 0.3) is 11.7 Å². The Kier molecular flexibility index (Phi) is 5.71. The van der Waals surface area contributed by atoms with E-state index in [1.165, 1.54) is 23.3 Å². The van der Waals surface area contributed by atoms with Gasteiger partial charge in [-0.1, -0.05) is 11.6 Å². The summed E-state index contributed by atoms with van der Waals surface area (Å²) in [6, 6.07) is 15.1. The van der Waals surface area contributed by atoms with E-state index in [1.54, 1.807) is 49.4 Å². The molecule has 1 fully saturated rings. The molecule has 1 atom stereocenters. The van der Waals surface area contributed by atoms with Gasteiger partial charge in [0.2, 0.25) is 0 Å². The molecule has 7 nitrogen and oxygen atoms in total. The molecule has 32 heavy (non-hydrogen) atoms. The molecule has 1 aromatic heterocycles. The van der Waals surface area contributed by atoms with Gasteiger partial charge < -0.3 is 14.3 Å². The van der Waals surface area contributed by atoms with Crippen LogP contribution in [0.25, 0.3) is 5.76 Å². The third-order valence-corrected chi connectivity index (χ3v) is 5.35. The maximum Gasteiger partial charge on any atom is 0.300 e. The Bertz CT molecular complexity index is 1260. The third-order valence-electron chi connectivity index (χ3n) is 5.04. The van der Waals surface area contributed by atoms with Crippen molar-refractivity contribution in [3.05, 3.63) is 88.3 Å². The zero-order valence-electron chi connectivity index (χ0n) is 16.9. The van der Waals surface area contributed by atoms with Gasteiger partial charge in [-0.05, 0) is 61.5 Å². The number of carbonyl (C=O) groups is 2. The Morgan fingerprint density at radius 1 is 1.22 bits per heavy atom. The summed E-state index contributed by atoms with van der Waals surface area (Å²) in [5, 5.41) is 20.5. The summed E-state index contributed by atoms with van der Waals surface area (Å²) in [4.78, 5) is 27.3. The highest BCUT2D eigenvalue weighted by atomic mass is 35.5. The first-order valence-corrected chi connectivity index (χ1v) is 10.1. The van der Waals surface area contributed by atoms with Crippen LogP contribution >= 0.6 is 11.6 Å². The maximum absolute atomic E-state index is 13.0. The molecule has 1 aliphatic rings. The van der Waals surface area contributed by atoms with Gasteiger partial charge in [0.1, 0.15) is 23.3 Å². The SMILES string of the molecule is CCOc1cc(/C(O)=C2/C(=O)C(=O)N(c3ccc(C#N)cc3)C2c2ccco2)ccc1Cl. The number of nitriles is 1. The van der Waals surface area contributed by atoms with Gasteiger partial charge in [-0.3, -0.25) is 14.5 Å². The summed E-state index contributed by atoms with van der Waals surface area (Å²) < 4.78 is 11.0. The molecule has 4 rings (SSSR count). The van der Waals surface area contributed by atoms with E-state index in [-0.39, 0.29) is 16.9 Å². The molecule has 2 aromatic carbocycles. The summed E-state index contributed by atoms with van der Waals surface area (Å²) >= 11 is 6.14. The molecule has 0 bridgehead atoms. The van der Waals surface area contributed by atoms with Crippen LogP contribution in [0.1, 0.15) is 29.9 Å². The highest BCUT2D eigenvalue weighted by Gasteiger charge is 2.48. The van der Waals surface area contributed by atoms with Crippen LogP contribution in [0, 0.1) is 11.3 Å². The number of halogens is 1. The predicted molar refractivity (Wildman–Crippen MR) is 117 cm³/mol. The zero-order valence-corrected chi connectivity index (χ0v) is 17.7. The number of hydrogen-bond acceptors (Lipinski definition) is 6. The minimum Gasteiger partial charge on any atom is -0.507 e. The molecule has 1 saturated heterocycles. The van der Waals surface area contributed by atoms with Gasteiger partial charge in [-0.25, -0.2) is 0 Å². The number of furan rings is 1. The third kappa shape index (κ3) is 3.61. The standard InChI is InChI=1S/C24H17ClN2O5/c1-2-31-19-12-15(7-10-17(19)25)22(28)20-21(18-4-3-11-32-18)27(24(30)23(20)29)16-8-5-14(13-26)6-9-16/h3-12,21,28H,2H2,1H3/b22-20-. The molecule has 0 aliphatic carbocycles. The normalized spacial score (nSPS) is 17.4. The van der Waals surface area contributed by atoms with Gasteiger partial charge in [0.05, 0.1) is 35.1 Å². The van der Waals surface area contributed by atoms with E-state index in [0.29, 0.717) is 34.4 Å². The first-order chi connectivity index (χ1) is 15.5. The lowest BCUT2D eigenvalue weighted by Gasteiger charge is -2.23. The van der Waals surface area contributed by atoms with Crippen LogP contribution in [0.2, 0.25) is 5.02 Å². The molecule has 160 valence electrons. The van der Waals surface area contributed by atoms with Gasteiger partial charge in [0.15, 0.2) is 0 Å². The van der Waals surface area contributed by atoms with Crippen molar-refractivity contribution >= 4 is 34.7 Å². The van der Waals surface area contributed by atoms with Crippen molar-refractivity contribution in [1.29, 1.82) is 5.26 Å². The van der Waals surface area contributed by atoms with Crippen LogP contribution in [-0.2, 0) is 9.59 Å². The molecule has 1 unspecified atom stereocenters. The van der Waals surface area contributed by atoms with E-state index in [1.807, 2.05) is 6.07 Å². The number of rotatable bonds is 5. The Morgan fingerprint density at radius 3 is 2.59 bits per heavy atom. The van der Waals surface area contributed by atoms with Crippen LogP contribution in [0.4, 0.5) is 5.69 Å². The van der Waals surface area contributed by atoms with Crippen LogP contribution in [0.15, 0.2) is 70.9 Å². The molecular weight excluding hydrogens is 432 g/mol. The van der Waals surface area contributed by atoms with Gasteiger partial charge in [0, 0.05) is 11.3 Å². The Hall–Kier alpha value is -4.02. The molecule has 0 saturated carbocycles. The molecule has 8 heteroatoms. The first-order valence-electron chi connectivity index (χ1n) is 9.73. The number of ketones is 1. The largest absolute Gasteiger partial charge is 0.507 e. The summed E-state index contributed by atoms with van der Waals surface area (Å²) in [5.74, 6) is -1.42. The van der Waals surface area contributed by atoms with Gasteiger partial charge in [-0.15, -0.1) is 0 Å². The summed E-state index contributed by atoms with van der Waals surface area (Å²) in [5.41, 5.74) is 0.938. The second-order valence-corrected chi connectivity index (χ2v) is 7.33. The van der Waals surface area contributed by atoms with E-state index in [0.717, 1.165) is 0 Å². The molecular formula is C24H17ClN2O5. The number of benzene rings is 2. The van der Waals surface area contributed by atoms with Gasteiger partial charge >= 0.3 is 0 Å². The molecule has 1 aliphatic heterocycles. The van der Waals surface area contributed by atoms with E-state index in [9.17, 15) is 14.7 Å². The fourth-order valence-electron chi connectivity index (χ4n) is 3.58. The summed E-state index contributed by atoms with van der Waals surface area (Å²) in [7, 11) is 0. The number of ether oxygens (including phenoxy) is 1. The number of carbonyl (C=O) groups excluding carboxylic acids is 2. The first kappa shape index (κ1) is 21.2. The highest BCUT2D eigenvalue weighted by molar-refractivity contribution is 6.51. The quantitative estimate of drug-likeness (QED) is 0.340. The highest BCUT2D eigenvalue weighted by Crippen LogP contribution is 2.42. The van der Waals surface area contributed by atoms with E-state index in [2.05, 4.69) is 0 Å². The van der Waals surface area contributed by atoms with Crippen molar-refractivity contribution in [3.63, 3.8) is 0 Å². The van der Waals surface area contributed by atoms with Crippen LogP contribution in [0.5, 0.6) is 5.75 Å². The number of Topliss-reactive ketones (excluding diaryl/α,β-unsaturated/α-hetero) is 1. The topological polar surface area (TPSA) is 104 Å². The number of aliphatic hydroxyl groups is 1. The van der Waals surface area contributed by atoms with Crippen molar-refractivity contribution in [2.45, 2.75) is 13.0 Å². The lowest BCUT2D eigenvalue weighted by atomic mass is 9.99. The van der Waals surface area contributed by atoms with Gasteiger partial charge in [-0.2, -0.15) is 5.26 Å². The molecule has 2 heterocycles. The van der Waals surface area contributed by atoms with Crippen molar-refractivity contribution in [2.75, 3.05) is 11.5 Å². The fraction of sp³-hybridized carbons (Fsp3) is 0.125. The Morgan fingerprint density at radius 2 is 1.97 bits per heavy atom. The molecule has 0 spiro atoms. The number of anilines is 1. The number of nitrogens with zero attached hydrogens (tertiary/aromatic N) is 2. The van der Waals surface area contributed by atoms with E-state index in [4.69, 9.17) is 26.0 Å². The average Bonchev–Trinajstić information content (AvgIpc) is 3.42. The monoisotopic (exact) mass is 448 g/mol. The zero-order chi connectivity index (χ0) is 22.8. The minimum absolute atomic E-state index is 0.126. The van der Waals surface area contributed by atoms with Crippen LogP contribution in [-0.4, -0.2) is 23.4 Å². The Balaban J connectivity index is 1.89. The fourth-order valence-corrected chi connectivity index (χ4v) is 3.76. The lowest BCUT2D eigenvalue weighted by molar-refractivity contribution is -0.132.